The largest absolute Gasteiger partial charge is 0.249 e. The van der Waals surface area contributed by atoms with Gasteiger partial charge in [-0.1, -0.05) is 36.4 Å². The van der Waals surface area contributed by atoms with Crippen LogP contribution in [0.4, 0.5) is 11.4 Å². The Bertz CT molecular complexity index is 1670. The summed E-state index contributed by atoms with van der Waals surface area (Å²) in [6.45, 7) is 15.4. The van der Waals surface area contributed by atoms with Gasteiger partial charge in [0.05, 0.1) is 24.3 Å². The topological polar surface area (TPSA) is 56.3 Å². The van der Waals surface area contributed by atoms with Crippen LogP contribution < -0.4 is 0 Å². The van der Waals surface area contributed by atoms with E-state index in [1.165, 1.54) is 0 Å². The van der Waals surface area contributed by atoms with Gasteiger partial charge in [0.15, 0.2) is 0 Å². The third-order valence-corrected chi connectivity index (χ3v) is 5.86. The molecule has 0 saturated heterocycles. The third kappa shape index (κ3) is 1.31. The lowest BCUT2D eigenvalue weighted by atomic mass is 9.91. The van der Waals surface area contributed by atoms with Crippen LogP contribution in [0, 0.1) is 35.8 Å². The number of nitriles is 2. The number of hydrogen-bond donors (Lipinski definition) is 0. The average molecular weight is 350 g/mol. The molecule has 0 fully saturated rings. The van der Waals surface area contributed by atoms with E-state index in [2.05, 4.69) is 21.8 Å². The van der Waals surface area contributed by atoms with E-state index in [0.717, 1.165) is 53.9 Å². The van der Waals surface area contributed by atoms with Gasteiger partial charge >= 0.3 is 0 Å². The van der Waals surface area contributed by atoms with Gasteiger partial charge in [0.2, 0.25) is 11.4 Å². The molecule has 0 aliphatic rings. The second-order valence-corrected chi connectivity index (χ2v) is 6.88. The zero-order chi connectivity index (χ0) is 19.2. The number of benzene rings is 5. The molecule has 0 atom stereocenters. The van der Waals surface area contributed by atoms with Gasteiger partial charge in [-0.2, -0.15) is 10.5 Å². The third-order valence-electron chi connectivity index (χ3n) is 5.86. The van der Waals surface area contributed by atoms with Gasteiger partial charge in [-0.05, 0) is 43.1 Å². The fourth-order valence-electron chi connectivity index (χ4n) is 4.85. The predicted octanol–water partition coefficient (Wildman–Crippen LogP) is 6.61. The average Bonchev–Trinajstić information content (AvgIpc) is 3.10. The molecule has 4 heteroatoms. The van der Waals surface area contributed by atoms with Gasteiger partial charge in [-0.15, -0.1) is 0 Å². The van der Waals surface area contributed by atoms with Crippen LogP contribution in [0.15, 0.2) is 36.4 Å². The lowest BCUT2D eigenvalue weighted by Gasteiger charge is -2.10. The van der Waals surface area contributed by atoms with Crippen LogP contribution in [0.2, 0.25) is 0 Å². The van der Waals surface area contributed by atoms with Crippen LogP contribution in [0.3, 0.4) is 0 Å². The maximum Gasteiger partial charge on any atom is 0.202 e. The first-order valence-corrected chi connectivity index (χ1v) is 8.57. The standard InChI is InChI=1S/C24H6N4/c1-27-23-14-6-4-11-3-5-12-16(9-25)17(10-26)13-7-8-15(24(23)28-2)22-20(13)19(12)18(11)21(14)22/h3-8H. The van der Waals surface area contributed by atoms with E-state index in [9.17, 15) is 10.5 Å². The lowest BCUT2D eigenvalue weighted by molar-refractivity contribution is 1.47. The Hall–Kier alpha value is -4.64. The Kier molecular flexibility index (Phi) is 2.36. The monoisotopic (exact) mass is 350 g/mol. The summed E-state index contributed by atoms with van der Waals surface area (Å²) < 4.78 is 0. The molecule has 122 valence electrons. The van der Waals surface area contributed by atoms with Gasteiger partial charge in [0.1, 0.15) is 12.1 Å². The molecule has 4 nitrogen and oxygen atoms in total. The Morgan fingerprint density at radius 1 is 0.571 bits per heavy atom. The first-order chi connectivity index (χ1) is 13.7. The fourth-order valence-corrected chi connectivity index (χ4v) is 4.85. The molecule has 0 aliphatic carbocycles. The molecular formula is C24H6N4. The molecule has 0 spiro atoms. The van der Waals surface area contributed by atoms with Gasteiger partial charge in [0, 0.05) is 10.8 Å². The molecule has 6 aromatic rings. The van der Waals surface area contributed by atoms with Gasteiger partial charge in [-0.3, -0.25) is 0 Å². The minimum Gasteiger partial charge on any atom is -0.249 e. The minimum absolute atomic E-state index is 0.350. The van der Waals surface area contributed by atoms with Gasteiger partial charge < -0.3 is 0 Å². The smallest absolute Gasteiger partial charge is 0.202 e. The molecule has 0 N–H and O–H groups in total. The van der Waals surface area contributed by atoms with E-state index < -0.39 is 0 Å². The molecule has 0 radical (unpaired) electrons. The van der Waals surface area contributed by atoms with E-state index in [-0.39, 0.29) is 0 Å². The molecule has 6 aromatic carbocycles. The Morgan fingerprint density at radius 3 is 1.50 bits per heavy atom. The summed E-state index contributed by atoms with van der Waals surface area (Å²) in [5.74, 6) is 0. The fraction of sp³-hybridized carbons (Fsp3) is 0. The first kappa shape index (κ1) is 14.5. The van der Waals surface area contributed by atoms with Crippen LogP contribution in [0.1, 0.15) is 11.1 Å². The van der Waals surface area contributed by atoms with Crippen molar-refractivity contribution in [1.29, 1.82) is 10.5 Å². The van der Waals surface area contributed by atoms with Crippen LogP contribution >= 0.6 is 0 Å². The number of rotatable bonds is 0. The quantitative estimate of drug-likeness (QED) is 0.228. The lowest BCUT2D eigenvalue weighted by Crippen LogP contribution is -1.90. The maximum atomic E-state index is 9.80. The number of hydrogen-bond acceptors (Lipinski definition) is 2. The van der Waals surface area contributed by atoms with E-state index >= 15 is 0 Å². The SMILES string of the molecule is [C-]#[N+]c1c([N+]#[C-])c2ccc3c(C#N)c(C#N)c4ccc5ccc1c1c5c4c3c21. The van der Waals surface area contributed by atoms with E-state index in [1.807, 2.05) is 36.4 Å². The zero-order valence-corrected chi connectivity index (χ0v) is 14.3. The van der Waals surface area contributed by atoms with Crippen molar-refractivity contribution in [3.05, 3.63) is 70.4 Å². The summed E-state index contributed by atoms with van der Waals surface area (Å²) in [4.78, 5) is 7.37. The van der Waals surface area contributed by atoms with Crippen molar-refractivity contribution in [2.24, 2.45) is 0 Å². The number of nitrogens with zero attached hydrogens (tertiary/aromatic N) is 4. The molecule has 6 rings (SSSR count). The maximum absolute atomic E-state index is 9.80. The predicted molar refractivity (Wildman–Crippen MR) is 109 cm³/mol. The summed E-state index contributed by atoms with van der Waals surface area (Å²) in [6, 6.07) is 15.8. The van der Waals surface area contributed by atoms with Crippen molar-refractivity contribution in [3.8, 4) is 12.1 Å². The summed E-state index contributed by atoms with van der Waals surface area (Å²) in [6.07, 6.45) is 0. The highest BCUT2D eigenvalue weighted by Crippen LogP contribution is 2.55. The van der Waals surface area contributed by atoms with Crippen LogP contribution in [-0.4, -0.2) is 0 Å². The molecule has 0 heterocycles. The highest BCUT2D eigenvalue weighted by atomic mass is 14.8. The first-order valence-electron chi connectivity index (χ1n) is 8.57. The second kappa shape index (κ2) is 4.55. The van der Waals surface area contributed by atoms with Crippen molar-refractivity contribution in [2.45, 2.75) is 0 Å². The van der Waals surface area contributed by atoms with Crippen molar-refractivity contribution < 1.29 is 0 Å². The highest BCUT2D eigenvalue weighted by Gasteiger charge is 2.27. The second-order valence-electron chi connectivity index (χ2n) is 6.88. The van der Waals surface area contributed by atoms with Gasteiger partial charge in [-0.25, -0.2) is 9.69 Å². The summed E-state index contributed by atoms with van der Waals surface area (Å²) in [5, 5.41) is 28.3. The highest BCUT2D eigenvalue weighted by molar-refractivity contribution is 6.47. The Morgan fingerprint density at radius 2 is 0.964 bits per heavy atom. The zero-order valence-electron chi connectivity index (χ0n) is 14.3. The van der Waals surface area contributed by atoms with Crippen molar-refractivity contribution in [3.63, 3.8) is 0 Å². The summed E-state index contributed by atoms with van der Waals surface area (Å²) in [5.41, 5.74) is 1.46. The molecule has 0 unspecified atom stereocenters. The molecule has 0 saturated carbocycles. The van der Waals surface area contributed by atoms with Crippen molar-refractivity contribution in [2.75, 3.05) is 0 Å². The molecule has 0 aromatic heterocycles. The van der Waals surface area contributed by atoms with Crippen molar-refractivity contribution >= 4 is 65.2 Å². The summed E-state index contributed by atoms with van der Waals surface area (Å²) in [7, 11) is 0. The molecular weight excluding hydrogens is 344 g/mol. The molecule has 0 bridgehead atoms. The minimum atomic E-state index is 0.350. The van der Waals surface area contributed by atoms with Crippen LogP contribution in [0.25, 0.3) is 63.6 Å². The molecule has 0 amide bonds. The van der Waals surface area contributed by atoms with Gasteiger partial charge in [0.25, 0.3) is 0 Å². The van der Waals surface area contributed by atoms with Crippen LogP contribution in [0.5, 0.6) is 0 Å². The Balaban J connectivity index is 2.18. The Labute approximate surface area is 158 Å². The van der Waals surface area contributed by atoms with Crippen molar-refractivity contribution in [1.82, 2.24) is 0 Å². The molecule has 0 aliphatic heterocycles. The van der Waals surface area contributed by atoms with E-state index in [1.54, 1.807) is 0 Å². The van der Waals surface area contributed by atoms with E-state index in [4.69, 9.17) is 13.1 Å². The van der Waals surface area contributed by atoms with E-state index in [0.29, 0.717) is 22.5 Å². The molecule has 28 heavy (non-hydrogen) atoms. The summed E-state index contributed by atoms with van der Waals surface area (Å²) >= 11 is 0. The van der Waals surface area contributed by atoms with Crippen LogP contribution in [-0.2, 0) is 0 Å². The normalized spacial score (nSPS) is 11.4.